The van der Waals surface area contributed by atoms with E-state index in [1.807, 2.05) is 13.8 Å². The van der Waals surface area contributed by atoms with E-state index in [0.29, 0.717) is 6.54 Å². The summed E-state index contributed by atoms with van der Waals surface area (Å²) in [6.07, 6.45) is 0.966. The number of halogens is 1. The monoisotopic (exact) mass is 435 g/mol. The molecule has 0 aromatic heterocycles. The Balaban J connectivity index is 2.28. The molecule has 0 fully saturated rings. The maximum atomic E-state index is 13.2. The molecule has 7 nitrogen and oxygen atoms in total. The van der Waals surface area contributed by atoms with E-state index in [1.165, 1.54) is 19.1 Å². The van der Waals surface area contributed by atoms with Crippen molar-refractivity contribution in [1.29, 1.82) is 0 Å². The number of amides is 2. The summed E-state index contributed by atoms with van der Waals surface area (Å²) in [7, 11) is -3.84. The largest absolute Gasteiger partial charge is 0.352 e. The van der Waals surface area contributed by atoms with Gasteiger partial charge < -0.3 is 10.6 Å². The molecule has 0 heterocycles. The van der Waals surface area contributed by atoms with E-state index >= 15 is 0 Å². The zero-order valence-corrected chi connectivity index (χ0v) is 18.2. The maximum absolute atomic E-state index is 13.2. The third-order valence-corrected chi connectivity index (χ3v) is 5.51. The number of rotatable bonds is 8. The fourth-order valence-corrected chi connectivity index (χ4v) is 3.99. The van der Waals surface area contributed by atoms with Gasteiger partial charge in [-0.15, -0.1) is 0 Å². The van der Waals surface area contributed by atoms with Crippen LogP contribution in [0.2, 0.25) is 0 Å². The highest BCUT2D eigenvalue weighted by atomic mass is 32.2. The van der Waals surface area contributed by atoms with Crippen LogP contribution in [-0.4, -0.2) is 39.1 Å². The molecular formula is C21H26FN3O4S. The Labute approximate surface area is 176 Å². The molecule has 0 saturated carbocycles. The van der Waals surface area contributed by atoms with Crippen LogP contribution in [0.15, 0.2) is 48.5 Å². The Bertz CT molecular complexity index is 1010. The Morgan fingerprint density at radius 1 is 1.03 bits per heavy atom. The van der Waals surface area contributed by atoms with Crippen LogP contribution in [0.3, 0.4) is 0 Å². The molecule has 2 aromatic carbocycles. The molecule has 0 spiro atoms. The van der Waals surface area contributed by atoms with Gasteiger partial charge in [-0.05, 0) is 49.2 Å². The van der Waals surface area contributed by atoms with Crippen LogP contribution in [0.4, 0.5) is 15.8 Å². The van der Waals surface area contributed by atoms with E-state index in [0.717, 1.165) is 22.7 Å². The number of para-hydroxylation sites is 1. The highest BCUT2D eigenvalue weighted by Gasteiger charge is 2.29. The third kappa shape index (κ3) is 6.03. The summed E-state index contributed by atoms with van der Waals surface area (Å²) >= 11 is 0. The van der Waals surface area contributed by atoms with Gasteiger partial charge in [0.05, 0.1) is 23.2 Å². The molecule has 0 bridgehead atoms. The van der Waals surface area contributed by atoms with Gasteiger partial charge in [-0.2, -0.15) is 0 Å². The number of carbonyl (C=O) groups excluding carboxylic acids is 2. The molecule has 162 valence electrons. The van der Waals surface area contributed by atoms with Crippen molar-refractivity contribution >= 4 is 33.2 Å². The average Bonchev–Trinajstić information content (AvgIpc) is 2.67. The molecule has 0 unspecified atom stereocenters. The van der Waals surface area contributed by atoms with Gasteiger partial charge in [0.1, 0.15) is 11.9 Å². The molecule has 0 aliphatic heterocycles. The summed E-state index contributed by atoms with van der Waals surface area (Å²) in [6.45, 7) is 5.82. The highest BCUT2D eigenvalue weighted by molar-refractivity contribution is 7.92. The van der Waals surface area contributed by atoms with Crippen molar-refractivity contribution in [2.45, 2.75) is 26.8 Å². The minimum absolute atomic E-state index is 0.157. The van der Waals surface area contributed by atoms with Crippen molar-refractivity contribution in [1.82, 2.24) is 5.32 Å². The molecule has 2 rings (SSSR count). The van der Waals surface area contributed by atoms with E-state index < -0.39 is 27.8 Å². The Morgan fingerprint density at radius 2 is 1.63 bits per heavy atom. The van der Waals surface area contributed by atoms with Crippen LogP contribution in [0.25, 0.3) is 0 Å². The van der Waals surface area contributed by atoms with Gasteiger partial charge in [-0.1, -0.05) is 26.0 Å². The lowest BCUT2D eigenvalue weighted by Crippen LogP contribution is -2.45. The van der Waals surface area contributed by atoms with E-state index in [-0.39, 0.29) is 28.8 Å². The fourth-order valence-electron chi connectivity index (χ4n) is 2.82. The summed E-state index contributed by atoms with van der Waals surface area (Å²) in [6, 6.07) is 10.1. The zero-order valence-electron chi connectivity index (χ0n) is 17.3. The lowest BCUT2D eigenvalue weighted by Gasteiger charge is -2.28. The topological polar surface area (TPSA) is 95.6 Å². The third-order valence-electron chi connectivity index (χ3n) is 4.27. The number of nitrogens with zero attached hydrogens (tertiary/aromatic N) is 1. The van der Waals surface area contributed by atoms with Crippen molar-refractivity contribution in [2.24, 2.45) is 5.92 Å². The quantitative estimate of drug-likeness (QED) is 0.666. The lowest BCUT2D eigenvalue weighted by molar-refractivity contribution is -0.116. The van der Waals surface area contributed by atoms with Gasteiger partial charge in [0.25, 0.3) is 5.91 Å². The smallest absolute Gasteiger partial charge is 0.253 e. The first-order valence-electron chi connectivity index (χ1n) is 9.43. The molecule has 1 atom stereocenters. The van der Waals surface area contributed by atoms with Gasteiger partial charge in [0.15, 0.2) is 0 Å². The number of nitrogens with one attached hydrogen (secondary N) is 2. The maximum Gasteiger partial charge on any atom is 0.253 e. The van der Waals surface area contributed by atoms with Crippen LogP contribution in [0.1, 0.15) is 31.1 Å². The first kappa shape index (κ1) is 23.3. The summed E-state index contributed by atoms with van der Waals surface area (Å²) in [4.78, 5) is 25.3. The number of sulfonamides is 1. The molecule has 0 aliphatic rings. The standard InChI is InChI=1S/C21H26FN3O4S/c1-14(2)13-23-21(27)18-7-5-6-8-19(18)24-20(26)15(3)25(30(4,28)29)17-11-9-16(22)10-12-17/h5-12,14-15H,13H2,1-4H3,(H,23,27)(H,24,26)/t15-/m0/s1. The molecule has 0 saturated heterocycles. The highest BCUT2D eigenvalue weighted by Crippen LogP contribution is 2.23. The minimum Gasteiger partial charge on any atom is -0.352 e. The molecule has 2 amide bonds. The van der Waals surface area contributed by atoms with Crippen molar-refractivity contribution in [3.63, 3.8) is 0 Å². The first-order chi connectivity index (χ1) is 14.0. The van der Waals surface area contributed by atoms with E-state index in [1.54, 1.807) is 24.3 Å². The summed E-state index contributed by atoms with van der Waals surface area (Å²) in [5, 5.41) is 5.42. The predicted octanol–water partition coefficient (Wildman–Crippen LogP) is 3.00. The molecule has 0 radical (unpaired) electrons. The van der Waals surface area contributed by atoms with Crippen molar-refractivity contribution in [2.75, 3.05) is 22.4 Å². The summed E-state index contributed by atoms with van der Waals surface area (Å²) in [5.41, 5.74) is 0.694. The van der Waals surface area contributed by atoms with Gasteiger partial charge in [-0.25, -0.2) is 12.8 Å². The molecule has 0 aliphatic carbocycles. The van der Waals surface area contributed by atoms with Crippen molar-refractivity contribution in [3.05, 3.63) is 59.9 Å². The summed E-state index contributed by atoms with van der Waals surface area (Å²) in [5.74, 6) is -1.24. The SMILES string of the molecule is CC(C)CNC(=O)c1ccccc1NC(=O)[C@H](C)N(c1ccc(F)cc1)S(C)(=O)=O. The van der Waals surface area contributed by atoms with Gasteiger partial charge in [-0.3, -0.25) is 13.9 Å². The second-order valence-electron chi connectivity index (χ2n) is 7.35. The minimum atomic E-state index is -3.84. The number of carbonyl (C=O) groups is 2. The molecule has 30 heavy (non-hydrogen) atoms. The van der Waals surface area contributed by atoms with Gasteiger partial charge in [0.2, 0.25) is 15.9 Å². The normalized spacial score (nSPS) is 12.3. The Kier molecular flexibility index (Phi) is 7.55. The van der Waals surface area contributed by atoms with Gasteiger partial charge >= 0.3 is 0 Å². The summed E-state index contributed by atoms with van der Waals surface area (Å²) < 4.78 is 38.8. The lowest BCUT2D eigenvalue weighted by atomic mass is 10.1. The second-order valence-corrected chi connectivity index (χ2v) is 9.21. The van der Waals surface area contributed by atoms with E-state index in [2.05, 4.69) is 10.6 Å². The number of anilines is 2. The number of benzene rings is 2. The van der Waals surface area contributed by atoms with Crippen LogP contribution in [0.5, 0.6) is 0 Å². The van der Waals surface area contributed by atoms with E-state index in [9.17, 15) is 22.4 Å². The van der Waals surface area contributed by atoms with E-state index in [4.69, 9.17) is 0 Å². The fraction of sp³-hybridized carbons (Fsp3) is 0.333. The van der Waals surface area contributed by atoms with Crippen LogP contribution >= 0.6 is 0 Å². The van der Waals surface area contributed by atoms with Crippen molar-refractivity contribution in [3.8, 4) is 0 Å². The second kappa shape index (κ2) is 9.71. The Hall–Kier alpha value is -2.94. The molecule has 2 aromatic rings. The molecular weight excluding hydrogens is 409 g/mol. The molecule has 9 heteroatoms. The number of hydrogen-bond acceptors (Lipinski definition) is 4. The average molecular weight is 436 g/mol. The molecule has 2 N–H and O–H groups in total. The van der Waals surface area contributed by atoms with Crippen LogP contribution in [0, 0.1) is 11.7 Å². The van der Waals surface area contributed by atoms with Gasteiger partial charge in [0, 0.05) is 6.54 Å². The Morgan fingerprint density at radius 3 is 2.20 bits per heavy atom. The van der Waals surface area contributed by atoms with Crippen LogP contribution in [-0.2, 0) is 14.8 Å². The number of hydrogen-bond donors (Lipinski definition) is 2. The first-order valence-corrected chi connectivity index (χ1v) is 11.3. The van der Waals surface area contributed by atoms with Crippen molar-refractivity contribution < 1.29 is 22.4 Å². The van der Waals surface area contributed by atoms with Crippen LogP contribution < -0.4 is 14.9 Å². The zero-order chi connectivity index (χ0) is 22.5. The predicted molar refractivity (Wildman–Crippen MR) is 115 cm³/mol.